The largest absolute Gasteiger partial charge is 0.385 e. The van der Waals surface area contributed by atoms with Gasteiger partial charge in [-0.3, -0.25) is 0 Å². The third-order valence-electron chi connectivity index (χ3n) is 4.60. The number of aliphatic hydroxyl groups is 1. The van der Waals surface area contributed by atoms with Gasteiger partial charge in [0.1, 0.15) is 25.7 Å². The van der Waals surface area contributed by atoms with Crippen LogP contribution in [-0.2, 0) is 9.47 Å². The van der Waals surface area contributed by atoms with E-state index < -0.39 is 0 Å². The van der Waals surface area contributed by atoms with Crippen molar-refractivity contribution in [2.45, 2.75) is 52.2 Å². The van der Waals surface area contributed by atoms with Crippen molar-refractivity contribution in [1.29, 1.82) is 0 Å². The van der Waals surface area contributed by atoms with Gasteiger partial charge in [-0.05, 0) is 30.6 Å². The first-order chi connectivity index (χ1) is 9.44. The van der Waals surface area contributed by atoms with Crippen molar-refractivity contribution >= 4 is 0 Å². The molecule has 0 unspecified atom stereocenters. The second-order valence-electron chi connectivity index (χ2n) is 7.59. The van der Waals surface area contributed by atoms with E-state index in [4.69, 9.17) is 9.47 Å². The quantitative estimate of drug-likeness (QED) is 0.773. The Morgan fingerprint density at radius 2 is 2.00 bits per heavy atom. The van der Waals surface area contributed by atoms with Crippen LogP contribution in [0, 0.1) is 11.3 Å². The third kappa shape index (κ3) is 5.32. The van der Waals surface area contributed by atoms with Gasteiger partial charge in [-0.15, -0.1) is 0 Å². The molecule has 4 heteroatoms. The molecule has 2 N–H and O–H groups in total. The van der Waals surface area contributed by atoms with Gasteiger partial charge in [0.25, 0.3) is 0 Å². The standard InChI is InChI=1S/C16H31NO3/c1-13-8-15(10-16(2,3)9-13)20-12-14(18)11-17-4-6-19-7-5-17/h13-15,18H,4-12H2,1-3H3/p+1/t13-,14+,15-/m0/s1. The molecule has 0 amide bonds. The Labute approximate surface area is 123 Å². The van der Waals surface area contributed by atoms with E-state index >= 15 is 0 Å². The molecule has 4 nitrogen and oxygen atoms in total. The van der Waals surface area contributed by atoms with Gasteiger partial charge in [-0.1, -0.05) is 20.8 Å². The fourth-order valence-electron chi connectivity index (χ4n) is 3.89. The molecule has 0 aromatic carbocycles. The van der Waals surface area contributed by atoms with Gasteiger partial charge in [0.15, 0.2) is 0 Å². The lowest BCUT2D eigenvalue weighted by atomic mass is 9.71. The van der Waals surface area contributed by atoms with Crippen LogP contribution in [0.2, 0.25) is 0 Å². The molecule has 2 fully saturated rings. The fraction of sp³-hybridized carbons (Fsp3) is 1.00. The van der Waals surface area contributed by atoms with E-state index in [0.717, 1.165) is 51.6 Å². The summed E-state index contributed by atoms with van der Waals surface area (Å²) in [5.41, 5.74) is 0.378. The number of aliphatic hydroxyl groups excluding tert-OH is 1. The van der Waals surface area contributed by atoms with Crippen LogP contribution in [0.25, 0.3) is 0 Å². The molecule has 1 saturated heterocycles. The van der Waals surface area contributed by atoms with E-state index in [2.05, 4.69) is 20.8 Å². The Bertz CT molecular complexity index is 289. The summed E-state index contributed by atoms with van der Waals surface area (Å²) in [5, 5.41) is 10.1. The van der Waals surface area contributed by atoms with E-state index in [1.807, 2.05) is 0 Å². The summed E-state index contributed by atoms with van der Waals surface area (Å²) in [7, 11) is 0. The number of nitrogens with one attached hydrogen (secondary N) is 1. The SMILES string of the molecule is C[C@H]1C[C@H](OC[C@H](O)C[NH+]2CCOCC2)CC(C)(C)C1. The molecule has 0 aromatic rings. The summed E-state index contributed by atoms with van der Waals surface area (Å²) in [4.78, 5) is 1.43. The van der Waals surface area contributed by atoms with Gasteiger partial charge >= 0.3 is 0 Å². The minimum Gasteiger partial charge on any atom is -0.385 e. The Morgan fingerprint density at radius 1 is 1.30 bits per heavy atom. The van der Waals surface area contributed by atoms with Crippen molar-refractivity contribution in [2.24, 2.45) is 11.3 Å². The topological polar surface area (TPSA) is 43.1 Å². The zero-order valence-corrected chi connectivity index (χ0v) is 13.4. The average Bonchev–Trinajstić information content (AvgIpc) is 2.35. The lowest BCUT2D eigenvalue weighted by molar-refractivity contribution is -0.911. The van der Waals surface area contributed by atoms with E-state index in [1.165, 1.54) is 11.3 Å². The molecule has 1 saturated carbocycles. The first kappa shape index (κ1) is 16.2. The van der Waals surface area contributed by atoms with Crippen molar-refractivity contribution in [1.82, 2.24) is 0 Å². The third-order valence-corrected chi connectivity index (χ3v) is 4.60. The predicted molar refractivity (Wildman–Crippen MR) is 78.9 cm³/mol. The number of rotatable bonds is 5. The minimum atomic E-state index is -0.344. The van der Waals surface area contributed by atoms with Gasteiger partial charge in [-0.2, -0.15) is 0 Å². The molecular weight excluding hydrogens is 254 g/mol. The molecule has 118 valence electrons. The van der Waals surface area contributed by atoms with Gasteiger partial charge in [0, 0.05) is 0 Å². The van der Waals surface area contributed by atoms with Gasteiger partial charge < -0.3 is 19.5 Å². The van der Waals surface area contributed by atoms with Crippen molar-refractivity contribution in [3.05, 3.63) is 0 Å². The monoisotopic (exact) mass is 286 g/mol. The fourth-order valence-corrected chi connectivity index (χ4v) is 3.89. The molecule has 1 heterocycles. The van der Waals surface area contributed by atoms with E-state index in [9.17, 15) is 5.11 Å². The molecule has 0 spiro atoms. The number of hydrogen-bond donors (Lipinski definition) is 2. The Hall–Kier alpha value is -0.160. The molecule has 2 rings (SSSR count). The summed E-state index contributed by atoms with van der Waals surface area (Å²) in [6, 6.07) is 0. The molecule has 1 aliphatic carbocycles. The van der Waals surface area contributed by atoms with Gasteiger partial charge in [-0.25, -0.2) is 0 Å². The average molecular weight is 286 g/mol. The second kappa shape index (κ2) is 7.21. The van der Waals surface area contributed by atoms with Crippen LogP contribution in [0.5, 0.6) is 0 Å². The zero-order valence-electron chi connectivity index (χ0n) is 13.4. The first-order valence-electron chi connectivity index (χ1n) is 8.15. The van der Waals surface area contributed by atoms with Crippen LogP contribution in [0.1, 0.15) is 40.0 Å². The number of ether oxygens (including phenoxy) is 2. The minimum absolute atomic E-state index is 0.322. The van der Waals surface area contributed by atoms with Crippen LogP contribution >= 0.6 is 0 Å². The van der Waals surface area contributed by atoms with Crippen LogP contribution in [0.4, 0.5) is 0 Å². The summed E-state index contributed by atoms with van der Waals surface area (Å²) in [6.45, 7) is 11.9. The van der Waals surface area contributed by atoms with E-state index in [1.54, 1.807) is 0 Å². The number of hydrogen-bond acceptors (Lipinski definition) is 3. The van der Waals surface area contributed by atoms with Crippen LogP contribution in [0.3, 0.4) is 0 Å². The Kier molecular flexibility index (Phi) is 5.84. The van der Waals surface area contributed by atoms with Crippen molar-refractivity contribution in [3.63, 3.8) is 0 Å². The number of morpholine rings is 1. The van der Waals surface area contributed by atoms with Crippen LogP contribution < -0.4 is 4.90 Å². The van der Waals surface area contributed by atoms with E-state index in [-0.39, 0.29) is 6.10 Å². The van der Waals surface area contributed by atoms with Crippen LogP contribution in [0.15, 0.2) is 0 Å². The molecular formula is C16H32NO3+. The Balaban J connectivity index is 1.68. The summed E-state index contributed by atoms with van der Waals surface area (Å²) >= 11 is 0. The van der Waals surface area contributed by atoms with Crippen molar-refractivity contribution in [3.8, 4) is 0 Å². The highest BCUT2D eigenvalue weighted by Crippen LogP contribution is 2.39. The predicted octanol–water partition coefficient (Wildman–Crippen LogP) is 0.494. The molecule has 0 bridgehead atoms. The second-order valence-corrected chi connectivity index (χ2v) is 7.59. The zero-order chi connectivity index (χ0) is 14.6. The normalized spacial score (nSPS) is 33.0. The molecule has 2 aliphatic rings. The van der Waals surface area contributed by atoms with Crippen molar-refractivity contribution < 1.29 is 19.5 Å². The van der Waals surface area contributed by atoms with Crippen LogP contribution in [-0.4, -0.2) is 56.8 Å². The summed E-state index contributed by atoms with van der Waals surface area (Å²) in [6.07, 6.45) is 3.52. The lowest BCUT2D eigenvalue weighted by Gasteiger charge is -2.39. The first-order valence-corrected chi connectivity index (χ1v) is 8.15. The maximum absolute atomic E-state index is 10.1. The molecule has 1 aliphatic heterocycles. The van der Waals surface area contributed by atoms with Crippen molar-refractivity contribution in [2.75, 3.05) is 39.5 Å². The highest BCUT2D eigenvalue weighted by Gasteiger charge is 2.33. The maximum Gasteiger partial charge on any atom is 0.126 e. The molecule has 0 radical (unpaired) electrons. The Morgan fingerprint density at radius 3 is 2.65 bits per heavy atom. The molecule has 0 aromatic heterocycles. The highest BCUT2D eigenvalue weighted by atomic mass is 16.5. The smallest absolute Gasteiger partial charge is 0.126 e. The summed E-state index contributed by atoms with van der Waals surface area (Å²) in [5.74, 6) is 0.728. The molecule has 3 atom stereocenters. The van der Waals surface area contributed by atoms with Gasteiger partial charge in [0.2, 0.25) is 0 Å². The van der Waals surface area contributed by atoms with E-state index in [0.29, 0.717) is 18.1 Å². The molecule has 20 heavy (non-hydrogen) atoms. The number of quaternary nitrogens is 1. The van der Waals surface area contributed by atoms with Gasteiger partial charge in [0.05, 0.1) is 25.9 Å². The maximum atomic E-state index is 10.1. The summed E-state index contributed by atoms with van der Waals surface area (Å²) < 4.78 is 11.3. The highest BCUT2D eigenvalue weighted by molar-refractivity contribution is 4.83. The lowest BCUT2D eigenvalue weighted by Crippen LogP contribution is -3.15.